The molecule has 0 spiro atoms. The fraction of sp³-hybridized carbons (Fsp3) is 0.438. The van der Waals surface area contributed by atoms with Crippen LogP contribution in [0, 0.1) is 0 Å². The molecule has 0 saturated carbocycles. The summed E-state index contributed by atoms with van der Waals surface area (Å²) >= 11 is 0. The second kappa shape index (κ2) is 6.98. The maximum atomic E-state index is 12.6. The van der Waals surface area contributed by atoms with Gasteiger partial charge in [0.05, 0.1) is 5.56 Å². The van der Waals surface area contributed by atoms with Gasteiger partial charge in [0.1, 0.15) is 0 Å². The smallest absolute Gasteiger partial charge is 0.256 e. The van der Waals surface area contributed by atoms with Crippen LogP contribution in [0.1, 0.15) is 38.1 Å². The average molecular weight is 260 g/mol. The molecule has 19 heavy (non-hydrogen) atoms. The van der Waals surface area contributed by atoms with Gasteiger partial charge in [0.2, 0.25) is 0 Å². The maximum absolute atomic E-state index is 12.6. The van der Waals surface area contributed by atoms with Gasteiger partial charge in [0, 0.05) is 24.3 Å². The third kappa shape index (κ3) is 4.12. The van der Waals surface area contributed by atoms with Gasteiger partial charge in [0.15, 0.2) is 0 Å². The zero-order chi connectivity index (χ0) is 14.4. The van der Waals surface area contributed by atoms with Crippen molar-refractivity contribution in [2.45, 2.75) is 39.8 Å². The number of nitrogens with one attached hydrogen (secondary N) is 1. The molecule has 0 aliphatic rings. The zero-order valence-corrected chi connectivity index (χ0v) is 12.3. The molecule has 3 nitrogen and oxygen atoms in total. The Morgan fingerprint density at radius 2 is 1.95 bits per heavy atom. The fourth-order valence-corrected chi connectivity index (χ4v) is 1.93. The Balaban J connectivity index is 3.06. The Labute approximate surface area is 116 Å². The summed E-state index contributed by atoms with van der Waals surface area (Å²) in [7, 11) is 0. The van der Waals surface area contributed by atoms with Gasteiger partial charge in [-0.25, -0.2) is 0 Å². The van der Waals surface area contributed by atoms with Crippen LogP contribution in [0.2, 0.25) is 0 Å². The van der Waals surface area contributed by atoms with Crippen molar-refractivity contribution in [3.8, 4) is 0 Å². The molecule has 0 radical (unpaired) electrons. The molecule has 1 amide bonds. The molecule has 0 unspecified atom stereocenters. The van der Waals surface area contributed by atoms with E-state index in [1.807, 2.05) is 43.0 Å². The Kier molecular flexibility index (Phi) is 5.61. The molecule has 104 valence electrons. The molecule has 0 bridgehead atoms. The van der Waals surface area contributed by atoms with Crippen LogP contribution in [0.4, 0.5) is 5.69 Å². The van der Waals surface area contributed by atoms with E-state index >= 15 is 0 Å². The largest absolute Gasteiger partial charge is 0.382 e. The van der Waals surface area contributed by atoms with Crippen LogP contribution in [0.3, 0.4) is 0 Å². The number of anilines is 1. The van der Waals surface area contributed by atoms with E-state index in [0.717, 1.165) is 5.69 Å². The Hall–Kier alpha value is -1.77. The molecule has 1 N–H and O–H groups in total. The van der Waals surface area contributed by atoms with Crippen LogP contribution in [-0.4, -0.2) is 29.4 Å². The summed E-state index contributed by atoms with van der Waals surface area (Å²) in [6.07, 6.45) is 1.76. The van der Waals surface area contributed by atoms with Crippen molar-refractivity contribution in [2.75, 3.05) is 11.9 Å². The summed E-state index contributed by atoms with van der Waals surface area (Å²) in [6, 6.07) is 8.09. The molecule has 3 heteroatoms. The van der Waals surface area contributed by atoms with Gasteiger partial charge in [0.25, 0.3) is 5.91 Å². The summed E-state index contributed by atoms with van der Waals surface area (Å²) in [5.74, 6) is 0.0404. The Bertz CT molecular complexity index is 438. The number of nitrogens with zero attached hydrogens (tertiary/aromatic N) is 1. The topological polar surface area (TPSA) is 32.3 Å². The third-order valence-electron chi connectivity index (χ3n) is 2.81. The molecule has 0 fully saturated rings. The molecular weight excluding hydrogens is 236 g/mol. The number of benzene rings is 1. The lowest BCUT2D eigenvalue weighted by atomic mass is 10.1. The molecule has 1 rings (SSSR count). The minimum absolute atomic E-state index is 0.0404. The van der Waals surface area contributed by atoms with Gasteiger partial charge in [-0.2, -0.15) is 0 Å². The number of carbonyl (C=O) groups excluding carboxylic acids is 1. The quantitative estimate of drug-likeness (QED) is 0.793. The van der Waals surface area contributed by atoms with Gasteiger partial charge in [-0.3, -0.25) is 4.79 Å². The van der Waals surface area contributed by atoms with Crippen LogP contribution in [-0.2, 0) is 0 Å². The summed E-state index contributed by atoms with van der Waals surface area (Å²) < 4.78 is 0. The van der Waals surface area contributed by atoms with E-state index < -0.39 is 0 Å². The summed E-state index contributed by atoms with van der Waals surface area (Å²) in [6.45, 7) is 12.4. The minimum Gasteiger partial charge on any atom is -0.382 e. The summed E-state index contributed by atoms with van der Waals surface area (Å²) in [5, 5.41) is 3.32. The predicted molar refractivity (Wildman–Crippen MR) is 81.6 cm³/mol. The first kappa shape index (κ1) is 15.3. The van der Waals surface area contributed by atoms with Crippen molar-refractivity contribution in [3.63, 3.8) is 0 Å². The number of amides is 1. The first-order chi connectivity index (χ1) is 8.97. The lowest BCUT2D eigenvalue weighted by molar-refractivity contribution is 0.0729. The highest BCUT2D eigenvalue weighted by Gasteiger charge is 2.20. The van der Waals surface area contributed by atoms with Crippen molar-refractivity contribution in [1.29, 1.82) is 0 Å². The van der Waals surface area contributed by atoms with Crippen LogP contribution >= 0.6 is 0 Å². The summed E-state index contributed by atoms with van der Waals surface area (Å²) in [5.41, 5.74) is 1.60. The van der Waals surface area contributed by atoms with E-state index in [-0.39, 0.29) is 11.9 Å². The summed E-state index contributed by atoms with van der Waals surface area (Å²) in [4.78, 5) is 14.4. The van der Waals surface area contributed by atoms with Gasteiger partial charge >= 0.3 is 0 Å². The highest BCUT2D eigenvalue weighted by molar-refractivity contribution is 5.99. The van der Waals surface area contributed by atoms with E-state index in [9.17, 15) is 4.79 Å². The van der Waals surface area contributed by atoms with E-state index in [1.54, 1.807) is 6.08 Å². The lowest BCUT2D eigenvalue weighted by Gasteiger charge is -2.26. The van der Waals surface area contributed by atoms with E-state index in [0.29, 0.717) is 18.2 Å². The molecule has 0 heterocycles. The number of hydrogen-bond donors (Lipinski definition) is 1. The van der Waals surface area contributed by atoms with Crippen molar-refractivity contribution >= 4 is 11.6 Å². The minimum atomic E-state index is 0.0404. The first-order valence-electron chi connectivity index (χ1n) is 6.74. The van der Waals surface area contributed by atoms with Crippen molar-refractivity contribution in [3.05, 3.63) is 42.5 Å². The van der Waals surface area contributed by atoms with Crippen molar-refractivity contribution in [2.24, 2.45) is 0 Å². The Morgan fingerprint density at radius 1 is 1.32 bits per heavy atom. The molecule has 0 aromatic heterocycles. The number of carbonyl (C=O) groups is 1. The second-order valence-electron chi connectivity index (χ2n) is 5.18. The second-order valence-corrected chi connectivity index (χ2v) is 5.18. The molecular formula is C16H24N2O. The average Bonchev–Trinajstić information content (AvgIpc) is 2.34. The van der Waals surface area contributed by atoms with Gasteiger partial charge in [-0.05, 0) is 39.8 Å². The van der Waals surface area contributed by atoms with Crippen LogP contribution in [0.15, 0.2) is 36.9 Å². The predicted octanol–water partition coefficient (Wildman–Crippen LogP) is 3.54. The first-order valence-corrected chi connectivity index (χ1v) is 6.74. The highest BCUT2D eigenvalue weighted by Crippen LogP contribution is 2.19. The van der Waals surface area contributed by atoms with Crippen molar-refractivity contribution in [1.82, 2.24) is 4.90 Å². The molecule has 1 aromatic carbocycles. The highest BCUT2D eigenvalue weighted by atomic mass is 16.2. The van der Waals surface area contributed by atoms with Crippen LogP contribution in [0.25, 0.3) is 0 Å². The Morgan fingerprint density at radius 3 is 2.47 bits per heavy atom. The standard InChI is InChI=1S/C16H24N2O/c1-6-11-18(13(4)5)16(19)14-9-7-8-10-15(14)17-12(2)3/h6-10,12-13,17H,1,11H2,2-5H3. The number of hydrogen-bond acceptors (Lipinski definition) is 2. The lowest BCUT2D eigenvalue weighted by Crippen LogP contribution is -2.37. The zero-order valence-electron chi connectivity index (χ0n) is 12.3. The van der Waals surface area contributed by atoms with Gasteiger partial charge < -0.3 is 10.2 Å². The van der Waals surface area contributed by atoms with E-state index in [1.165, 1.54) is 0 Å². The van der Waals surface area contributed by atoms with Gasteiger partial charge in [-0.1, -0.05) is 18.2 Å². The molecule has 0 saturated heterocycles. The number of para-hydroxylation sites is 1. The van der Waals surface area contributed by atoms with Crippen LogP contribution in [0.5, 0.6) is 0 Å². The molecule has 0 atom stereocenters. The fourth-order valence-electron chi connectivity index (χ4n) is 1.93. The SMILES string of the molecule is C=CCN(C(=O)c1ccccc1NC(C)C)C(C)C. The van der Waals surface area contributed by atoms with Gasteiger partial charge in [-0.15, -0.1) is 6.58 Å². The van der Waals surface area contributed by atoms with E-state index in [2.05, 4.69) is 25.7 Å². The van der Waals surface area contributed by atoms with Crippen LogP contribution < -0.4 is 5.32 Å². The molecule has 0 aliphatic carbocycles. The van der Waals surface area contributed by atoms with E-state index in [4.69, 9.17) is 0 Å². The third-order valence-corrected chi connectivity index (χ3v) is 2.81. The normalized spacial score (nSPS) is 10.6. The monoisotopic (exact) mass is 260 g/mol. The maximum Gasteiger partial charge on any atom is 0.256 e. The number of rotatable bonds is 6. The molecule has 0 aliphatic heterocycles. The van der Waals surface area contributed by atoms with Crippen molar-refractivity contribution < 1.29 is 4.79 Å². The molecule has 1 aromatic rings.